The van der Waals surface area contributed by atoms with E-state index in [2.05, 4.69) is 29.7 Å². The predicted molar refractivity (Wildman–Crippen MR) is 99.4 cm³/mol. The second-order valence-corrected chi connectivity index (χ2v) is 7.24. The summed E-state index contributed by atoms with van der Waals surface area (Å²) in [6.07, 6.45) is 5.91. The lowest BCUT2D eigenvalue weighted by Crippen LogP contribution is -2.46. The molecule has 5 nitrogen and oxygen atoms in total. The molecule has 0 radical (unpaired) electrons. The van der Waals surface area contributed by atoms with Crippen molar-refractivity contribution in [2.75, 3.05) is 18.5 Å². The molecule has 2 N–H and O–H groups in total. The third-order valence-corrected chi connectivity index (χ3v) is 5.59. The molecule has 0 aromatic heterocycles. The van der Waals surface area contributed by atoms with Gasteiger partial charge in [0.2, 0.25) is 11.8 Å². The summed E-state index contributed by atoms with van der Waals surface area (Å²) in [5.74, 6) is 0.421. The highest BCUT2D eigenvalue weighted by molar-refractivity contribution is 5.95. The van der Waals surface area contributed by atoms with Crippen LogP contribution in [0.5, 0.6) is 0 Å². The second kappa shape index (κ2) is 8.00. The minimum Gasteiger partial charge on any atom is -0.359 e. The summed E-state index contributed by atoms with van der Waals surface area (Å²) >= 11 is 0. The normalized spacial score (nSPS) is 25.0. The van der Waals surface area contributed by atoms with Crippen LogP contribution in [-0.4, -0.2) is 31.4 Å². The fourth-order valence-electron chi connectivity index (χ4n) is 4.11. The van der Waals surface area contributed by atoms with Gasteiger partial charge < -0.3 is 15.5 Å². The van der Waals surface area contributed by atoms with Crippen molar-refractivity contribution in [3.63, 3.8) is 0 Å². The first-order valence-corrected chi connectivity index (χ1v) is 9.48. The molecule has 3 atom stereocenters. The summed E-state index contributed by atoms with van der Waals surface area (Å²) in [5, 5.41) is 6.46. The number of rotatable bonds is 5. The smallest absolute Gasteiger partial charge is 0.227 e. The summed E-state index contributed by atoms with van der Waals surface area (Å²) < 4.78 is 0. The Labute approximate surface area is 150 Å². The lowest BCUT2D eigenvalue weighted by atomic mass is 9.83. The Balaban J connectivity index is 1.65. The van der Waals surface area contributed by atoms with Gasteiger partial charge in [0.15, 0.2) is 0 Å². The molecular formula is C20H29N3O2. The molecule has 1 aromatic carbocycles. The highest BCUT2D eigenvalue weighted by Crippen LogP contribution is 2.28. The minimum atomic E-state index is 0.0581. The average molecular weight is 343 g/mol. The largest absolute Gasteiger partial charge is 0.359 e. The summed E-state index contributed by atoms with van der Waals surface area (Å²) in [6, 6.07) is 8.66. The Hall–Kier alpha value is -1.88. The molecule has 0 bridgehead atoms. The van der Waals surface area contributed by atoms with Crippen LogP contribution in [0.15, 0.2) is 24.3 Å². The van der Waals surface area contributed by atoms with Crippen LogP contribution in [-0.2, 0) is 9.59 Å². The zero-order chi connectivity index (χ0) is 17.8. The molecule has 1 aliphatic carbocycles. The van der Waals surface area contributed by atoms with Crippen molar-refractivity contribution in [3.05, 3.63) is 29.8 Å². The predicted octanol–water partition coefficient (Wildman–Crippen LogP) is 2.77. The summed E-state index contributed by atoms with van der Waals surface area (Å²) in [7, 11) is 1.72. The maximum atomic E-state index is 12.1. The first-order valence-electron chi connectivity index (χ1n) is 9.48. The number of anilines is 1. The van der Waals surface area contributed by atoms with Gasteiger partial charge in [0.25, 0.3) is 0 Å². The van der Waals surface area contributed by atoms with Gasteiger partial charge in [-0.25, -0.2) is 0 Å². The van der Waals surface area contributed by atoms with Gasteiger partial charge in [-0.2, -0.15) is 0 Å². The maximum Gasteiger partial charge on any atom is 0.227 e. The number of nitrogens with zero attached hydrogens (tertiary/aromatic N) is 1. The van der Waals surface area contributed by atoms with Crippen molar-refractivity contribution < 1.29 is 9.59 Å². The first kappa shape index (κ1) is 17.9. The fourth-order valence-corrected chi connectivity index (χ4v) is 4.11. The second-order valence-electron chi connectivity index (χ2n) is 7.24. The van der Waals surface area contributed by atoms with Crippen LogP contribution in [0.3, 0.4) is 0 Å². The summed E-state index contributed by atoms with van der Waals surface area (Å²) in [6.45, 7) is 2.97. The van der Waals surface area contributed by atoms with Gasteiger partial charge in [0, 0.05) is 37.8 Å². The van der Waals surface area contributed by atoms with Crippen molar-refractivity contribution in [1.82, 2.24) is 10.6 Å². The number of benzene rings is 1. The topological polar surface area (TPSA) is 61.4 Å². The van der Waals surface area contributed by atoms with Gasteiger partial charge in [-0.15, -0.1) is 0 Å². The molecule has 0 unspecified atom stereocenters. The Bertz CT molecular complexity index is 614. The zero-order valence-corrected chi connectivity index (χ0v) is 15.3. The average Bonchev–Trinajstić information content (AvgIpc) is 3.07. The van der Waals surface area contributed by atoms with E-state index in [1.807, 2.05) is 17.0 Å². The number of carbonyl (C=O) groups is 2. The van der Waals surface area contributed by atoms with E-state index in [1.54, 1.807) is 7.05 Å². The Morgan fingerprint density at radius 1 is 1.16 bits per heavy atom. The monoisotopic (exact) mass is 343 g/mol. The SMILES string of the molecule is CNC(=O)[C@@H]1CCCC[C@H]1N[C@H](C)c1ccc(N2CCCC2=O)cc1. The van der Waals surface area contributed by atoms with Crippen molar-refractivity contribution in [2.45, 2.75) is 57.5 Å². The Morgan fingerprint density at radius 2 is 1.88 bits per heavy atom. The molecule has 136 valence electrons. The molecule has 2 amide bonds. The van der Waals surface area contributed by atoms with Gasteiger partial charge in [0.1, 0.15) is 0 Å². The molecule has 1 aliphatic heterocycles. The third kappa shape index (κ3) is 4.03. The maximum absolute atomic E-state index is 12.1. The molecule has 1 saturated carbocycles. The molecule has 1 aromatic rings. The molecular weight excluding hydrogens is 314 g/mol. The van der Waals surface area contributed by atoms with Crippen LogP contribution >= 0.6 is 0 Å². The van der Waals surface area contributed by atoms with Crippen molar-refractivity contribution in [2.24, 2.45) is 5.92 Å². The van der Waals surface area contributed by atoms with Gasteiger partial charge >= 0.3 is 0 Å². The van der Waals surface area contributed by atoms with Crippen molar-refractivity contribution in [1.29, 1.82) is 0 Å². The summed E-state index contributed by atoms with van der Waals surface area (Å²) in [4.78, 5) is 25.9. The van der Waals surface area contributed by atoms with E-state index in [1.165, 1.54) is 12.0 Å². The number of amides is 2. The Morgan fingerprint density at radius 3 is 2.52 bits per heavy atom. The van der Waals surface area contributed by atoms with Crippen molar-refractivity contribution in [3.8, 4) is 0 Å². The number of hydrogen-bond donors (Lipinski definition) is 2. The lowest BCUT2D eigenvalue weighted by Gasteiger charge is -2.33. The number of carbonyl (C=O) groups excluding carboxylic acids is 2. The molecule has 25 heavy (non-hydrogen) atoms. The van der Waals surface area contributed by atoms with Gasteiger partial charge in [-0.1, -0.05) is 25.0 Å². The van der Waals surface area contributed by atoms with Crippen LogP contribution in [0.1, 0.15) is 57.1 Å². The lowest BCUT2D eigenvalue weighted by molar-refractivity contribution is -0.126. The number of hydrogen-bond acceptors (Lipinski definition) is 3. The quantitative estimate of drug-likeness (QED) is 0.864. The summed E-state index contributed by atoms with van der Waals surface area (Å²) in [5.41, 5.74) is 2.18. The van der Waals surface area contributed by atoms with E-state index in [4.69, 9.17) is 0 Å². The first-order chi connectivity index (χ1) is 12.1. The highest BCUT2D eigenvalue weighted by Gasteiger charge is 2.31. The minimum absolute atomic E-state index is 0.0581. The highest BCUT2D eigenvalue weighted by atomic mass is 16.2. The van der Waals surface area contributed by atoms with Gasteiger partial charge in [-0.3, -0.25) is 9.59 Å². The van der Waals surface area contributed by atoms with E-state index in [-0.39, 0.29) is 29.8 Å². The van der Waals surface area contributed by atoms with E-state index in [9.17, 15) is 9.59 Å². The molecule has 1 saturated heterocycles. The van der Waals surface area contributed by atoms with E-state index in [0.717, 1.165) is 37.9 Å². The number of nitrogens with one attached hydrogen (secondary N) is 2. The molecule has 1 heterocycles. The van der Waals surface area contributed by atoms with Crippen LogP contribution in [0.2, 0.25) is 0 Å². The zero-order valence-electron chi connectivity index (χ0n) is 15.3. The van der Waals surface area contributed by atoms with Gasteiger partial charge in [0.05, 0.1) is 5.92 Å². The van der Waals surface area contributed by atoms with E-state index < -0.39 is 0 Å². The van der Waals surface area contributed by atoms with E-state index >= 15 is 0 Å². The van der Waals surface area contributed by atoms with Crippen LogP contribution < -0.4 is 15.5 Å². The van der Waals surface area contributed by atoms with E-state index in [0.29, 0.717) is 6.42 Å². The fraction of sp³-hybridized carbons (Fsp3) is 0.600. The molecule has 3 rings (SSSR count). The molecule has 5 heteroatoms. The van der Waals surface area contributed by atoms with Crippen LogP contribution in [0, 0.1) is 5.92 Å². The standard InChI is InChI=1S/C20H29N3O2/c1-14(22-18-7-4-3-6-17(18)20(25)21-2)15-9-11-16(12-10-15)23-13-5-8-19(23)24/h9-12,14,17-18,22H,3-8,13H2,1-2H3,(H,21,25)/t14-,17-,18-/m1/s1. The van der Waals surface area contributed by atoms with Crippen LogP contribution in [0.4, 0.5) is 5.69 Å². The molecule has 0 spiro atoms. The van der Waals surface area contributed by atoms with Gasteiger partial charge in [-0.05, 0) is 43.9 Å². The molecule has 2 fully saturated rings. The molecule has 2 aliphatic rings. The Kier molecular flexibility index (Phi) is 5.74. The van der Waals surface area contributed by atoms with Crippen molar-refractivity contribution >= 4 is 17.5 Å². The third-order valence-electron chi connectivity index (χ3n) is 5.59. The van der Waals surface area contributed by atoms with Crippen LogP contribution in [0.25, 0.3) is 0 Å².